The van der Waals surface area contributed by atoms with Gasteiger partial charge in [-0.1, -0.05) is 156 Å². The molecule has 0 radical (unpaired) electrons. The van der Waals surface area contributed by atoms with Crippen LogP contribution in [0.5, 0.6) is 0 Å². The predicted molar refractivity (Wildman–Crippen MR) is 189 cm³/mol. The average Bonchev–Trinajstić information content (AvgIpc) is 2.94. The summed E-state index contributed by atoms with van der Waals surface area (Å²) in [5, 5.41) is 0. The first kappa shape index (κ1) is 44.3. The van der Waals surface area contributed by atoms with E-state index in [9.17, 15) is 17.3 Å². The molecule has 0 atom stereocenters. The fourth-order valence-electron chi connectivity index (χ4n) is 6.29. The second-order valence-electron chi connectivity index (χ2n) is 13.2. The molecular formula is C36H76BF4P. The molecule has 0 aromatic rings. The van der Waals surface area contributed by atoms with E-state index in [2.05, 4.69) is 27.7 Å². The van der Waals surface area contributed by atoms with E-state index in [-0.39, 0.29) is 0 Å². The van der Waals surface area contributed by atoms with Gasteiger partial charge in [-0.2, -0.15) is 0 Å². The lowest BCUT2D eigenvalue weighted by molar-refractivity contribution is 0.368. The van der Waals surface area contributed by atoms with E-state index in [1.807, 2.05) is 0 Å². The molecule has 0 aliphatic carbocycles. The highest BCUT2D eigenvalue weighted by molar-refractivity contribution is 7.75. The highest BCUT2D eigenvalue weighted by atomic mass is 31.2. The number of unbranched alkanes of at least 4 members (excludes halogenated alkanes) is 24. The highest BCUT2D eigenvalue weighted by Gasteiger charge is 2.35. The molecule has 0 nitrogen and oxygen atoms in total. The van der Waals surface area contributed by atoms with Crippen LogP contribution in [0.1, 0.15) is 207 Å². The molecule has 256 valence electrons. The second-order valence-corrected chi connectivity index (χ2v) is 17.7. The third kappa shape index (κ3) is 38.2. The molecule has 0 bridgehead atoms. The lowest BCUT2D eigenvalue weighted by Gasteiger charge is -2.28. The van der Waals surface area contributed by atoms with Crippen molar-refractivity contribution in [2.45, 2.75) is 207 Å². The van der Waals surface area contributed by atoms with E-state index >= 15 is 0 Å². The summed E-state index contributed by atoms with van der Waals surface area (Å²) in [6, 6.07) is 0. The number of halogens is 4. The van der Waals surface area contributed by atoms with Gasteiger partial charge in [0.2, 0.25) is 0 Å². The van der Waals surface area contributed by atoms with Crippen LogP contribution in [0.4, 0.5) is 17.3 Å². The van der Waals surface area contributed by atoms with Crippen LogP contribution in [0.3, 0.4) is 0 Å². The molecule has 0 saturated carbocycles. The van der Waals surface area contributed by atoms with E-state index in [1.54, 1.807) is 50.3 Å². The zero-order valence-corrected chi connectivity index (χ0v) is 30.1. The summed E-state index contributed by atoms with van der Waals surface area (Å²) in [7, 11) is -6.74. The Balaban J connectivity index is 0. The van der Waals surface area contributed by atoms with Gasteiger partial charge in [-0.25, -0.2) is 0 Å². The summed E-state index contributed by atoms with van der Waals surface area (Å²) in [6.45, 7) is 9.38. The van der Waals surface area contributed by atoms with Gasteiger partial charge in [0.15, 0.2) is 0 Å². The molecule has 0 aromatic heterocycles. The number of hydrogen-bond donors (Lipinski definition) is 0. The number of hydrogen-bond acceptors (Lipinski definition) is 0. The molecule has 42 heavy (non-hydrogen) atoms. The quantitative estimate of drug-likeness (QED) is 0.0302. The fraction of sp³-hybridized carbons (Fsp3) is 1.00. The molecule has 6 heteroatoms. The van der Waals surface area contributed by atoms with Gasteiger partial charge < -0.3 is 17.3 Å². The minimum Gasteiger partial charge on any atom is -0.418 e. The summed E-state index contributed by atoms with van der Waals surface area (Å²) in [5.74, 6) is 0. The molecule has 0 rings (SSSR count). The maximum absolute atomic E-state index is 9.75. The summed E-state index contributed by atoms with van der Waals surface area (Å²) in [5.41, 5.74) is 0. The Morgan fingerprint density at radius 2 is 0.429 bits per heavy atom. The Morgan fingerprint density at radius 3 is 0.595 bits per heavy atom. The molecule has 0 spiro atoms. The van der Waals surface area contributed by atoms with Crippen LogP contribution in [0, 0.1) is 0 Å². The van der Waals surface area contributed by atoms with Crippen LogP contribution in [0.15, 0.2) is 0 Å². The van der Waals surface area contributed by atoms with Crippen LogP contribution in [0.2, 0.25) is 0 Å². The maximum atomic E-state index is 9.75. The SMILES string of the molecule is CCCCCCCCCCCC[P+](CCCCCCCC)(CCCCCCCC)CCCCCCCC.F[B-](F)(F)F. The van der Waals surface area contributed by atoms with Crippen molar-refractivity contribution in [1.82, 2.24) is 0 Å². The molecule has 0 amide bonds. The zero-order valence-electron chi connectivity index (χ0n) is 29.2. The van der Waals surface area contributed by atoms with Crippen LogP contribution < -0.4 is 0 Å². The van der Waals surface area contributed by atoms with Crippen molar-refractivity contribution in [3.8, 4) is 0 Å². The van der Waals surface area contributed by atoms with Gasteiger partial charge in [-0.3, -0.25) is 0 Å². The van der Waals surface area contributed by atoms with E-state index in [0.717, 1.165) is 0 Å². The summed E-state index contributed by atoms with van der Waals surface area (Å²) >= 11 is 0. The molecule has 0 aromatic carbocycles. The smallest absolute Gasteiger partial charge is 0.418 e. The third-order valence-electron chi connectivity index (χ3n) is 8.94. The van der Waals surface area contributed by atoms with Gasteiger partial charge in [-0.05, 0) is 51.4 Å². The minimum absolute atomic E-state index is 0.737. The van der Waals surface area contributed by atoms with Crippen molar-refractivity contribution in [3.05, 3.63) is 0 Å². The zero-order chi connectivity index (χ0) is 31.6. The molecule has 0 unspecified atom stereocenters. The molecule has 0 aliphatic rings. The molecular weight excluding hydrogens is 550 g/mol. The lowest BCUT2D eigenvalue weighted by atomic mass is 10.1. The molecule has 0 fully saturated rings. The molecule has 0 heterocycles. The Morgan fingerprint density at radius 1 is 0.286 bits per heavy atom. The first-order valence-corrected chi connectivity index (χ1v) is 21.5. The molecule has 0 aliphatic heterocycles. The van der Waals surface area contributed by atoms with E-state index < -0.39 is 14.5 Å². The van der Waals surface area contributed by atoms with Crippen molar-refractivity contribution >= 4 is 14.5 Å². The average molecular weight is 627 g/mol. The highest BCUT2D eigenvalue weighted by Crippen LogP contribution is 2.61. The summed E-state index contributed by atoms with van der Waals surface area (Å²) in [4.78, 5) is 0. The number of rotatable bonds is 32. The van der Waals surface area contributed by atoms with Gasteiger partial charge in [0.25, 0.3) is 0 Å². The van der Waals surface area contributed by atoms with Crippen LogP contribution in [-0.2, 0) is 0 Å². The summed E-state index contributed by atoms with van der Waals surface area (Å²) in [6.07, 6.45) is 48.2. The van der Waals surface area contributed by atoms with Crippen LogP contribution >= 0.6 is 7.26 Å². The third-order valence-corrected chi connectivity index (χ3v) is 14.0. The van der Waals surface area contributed by atoms with Crippen LogP contribution in [0.25, 0.3) is 0 Å². The van der Waals surface area contributed by atoms with E-state index in [1.165, 1.54) is 154 Å². The van der Waals surface area contributed by atoms with Gasteiger partial charge in [0.1, 0.15) is 0 Å². The van der Waals surface area contributed by atoms with Crippen molar-refractivity contribution in [2.24, 2.45) is 0 Å². The Hall–Kier alpha value is 0.215. The van der Waals surface area contributed by atoms with Crippen molar-refractivity contribution in [1.29, 1.82) is 0 Å². The van der Waals surface area contributed by atoms with Gasteiger partial charge >= 0.3 is 7.25 Å². The Kier molecular flexibility index (Phi) is 36.0. The van der Waals surface area contributed by atoms with Crippen molar-refractivity contribution in [3.63, 3.8) is 0 Å². The first-order chi connectivity index (χ1) is 20.2. The lowest BCUT2D eigenvalue weighted by Crippen LogP contribution is -2.13. The van der Waals surface area contributed by atoms with Gasteiger partial charge in [-0.15, -0.1) is 0 Å². The van der Waals surface area contributed by atoms with Gasteiger partial charge in [0.05, 0.1) is 24.6 Å². The van der Waals surface area contributed by atoms with E-state index in [4.69, 9.17) is 0 Å². The monoisotopic (exact) mass is 627 g/mol. The maximum Gasteiger partial charge on any atom is 0.673 e. The predicted octanol–water partition coefficient (Wildman–Crippen LogP) is 15.3. The standard InChI is InChI=1S/C36H76P.BF4/c1-5-9-13-17-21-22-23-24-28-32-36-37(33-29-25-18-14-10-6-2,34-30-26-19-15-11-7-3)35-31-27-20-16-12-8-4;2-1(3,4)5/h5-36H2,1-4H3;/q+1;-1. The van der Waals surface area contributed by atoms with Crippen molar-refractivity contribution in [2.75, 3.05) is 24.6 Å². The minimum atomic E-state index is -6.00. The normalized spacial score (nSPS) is 12.0. The van der Waals surface area contributed by atoms with Crippen LogP contribution in [-0.4, -0.2) is 31.9 Å². The largest absolute Gasteiger partial charge is 0.673 e. The summed E-state index contributed by atoms with van der Waals surface area (Å²) < 4.78 is 39.0. The van der Waals surface area contributed by atoms with E-state index in [0.29, 0.717) is 0 Å². The molecule has 0 N–H and O–H groups in total. The Bertz CT molecular complexity index is 454. The Labute approximate surface area is 263 Å². The topological polar surface area (TPSA) is 0 Å². The van der Waals surface area contributed by atoms with Gasteiger partial charge in [0, 0.05) is 7.26 Å². The van der Waals surface area contributed by atoms with Crippen molar-refractivity contribution < 1.29 is 17.3 Å². The second kappa shape index (κ2) is 34.1. The fourth-order valence-corrected chi connectivity index (χ4v) is 11.2. The first-order valence-electron chi connectivity index (χ1n) is 19.0. The molecule has 0 saturated heterocycles.